The van der Waals surface area contributed by atoms with E-state index in [2.05, 4.69) is 15.3 Å². The van der Waals surface area contributed by atoms with Crippen LogP contribution in [0.25, 0.3) is 11.4 Å². The summed E-state index contributed by atoms with van der Waals surface area (Å²) in [7, 11) is -4.05. The highest BCUT2D eigenvalue weighted by Gasteiger charge is 2.20. The second kappa shape index (κ2) is 8.20. The molecule has 0 bridgehead atoms. The molecule has 29 heavy (non-hydrogen) atoms. The molecule has 6 nitrogen and oxygen atoms in total. The molecule has 0 aliphatic rings. The fourth-order valence-electron chi connectivity index (χ4n) is 2.53. The van der Waals surface area contributed by atoms with Crippen LogP contribution in [0.15, 0.2) is 83.2 Å². The molecule has 146 valence electrons. The van der Waals surface area contributed by atoms with Crippen molar-refractivity contribution in [1.82, 2.24) is 9.97 Å². The number of aromatic nitrogens is 2. The summed E-state index contributed by atoms with van der Waals surface area (Å²) < 4.78 is 30.3. The van der Waals surface area contributed by atoms with Crippen molar-refractivity contribution in [2.75, 3.05) is 5.32 Å². The number of hydrogen-bond acceptors (Lipinski definition) is 7. The molecule has 2 aromatic heterocycles. The summed E-state index contributed by atoms with van der Waals surface area (Å²) in [5, 5.41) is 5.80. The molecule has 1 N–H and O–H groups in total. The molecule has 0 aliphatic heterocycles. The van der Waals surface area contributed by atoms with E-state index in [0.29, 0.717) is 10.8 Å². The molecule has 0 saturated heterocycles. The largest absolute Gasteiger partial charge is 0.379 e. The van der Waals surface area contributed by atoms with Crippen LogP contribution in [-0.2, 0) is 10.1 Å². The first-order chi connectivity index (χ1) is 14.0. The van der Waals surface area contributed by atoms with Gasteiger partial charge >= 0.3 is 10.1 Å². The second-order valence-electron chi connectivity index (χ2n) is 5.87. The molecule has 4 rings (SSSR count). The highest BCUT2D eigenvalue weighted by molar-refractivity contribution is 7.87. The van der Waals surface area contributed by atoms with Crippen molar-refractivity contribution >= 4 is 43.9 Å². The van der Waals surface area contributed by atoms with E-state index in [4.69, 9.17) is 15.8 Å². The van der Waals surface area contributed by atoms with E-state index in [9.17, 15) is 8.42 Å². The van der Waals surface area contributed by atoms with Crippen molar-refractivity contribution in [2.45, 2.75) is 4.90 Å². The number of benzene rings is 2. The van der Waals surface area contributed by atoms with Crippen LogP contribution in [0.4, 0.5) is 10.8 Å². The van der Waals surface area contributed by atoms with E-state index in [1.54, 1.807) is 42.6 Å². The van der Waals surface area contributed by atoms with Crippen LogP contribution in [0, 0.1) is 0 Å². The molecule has 0 aliphatic carbocycles. The molecule has 4 aromatic rings. The van der Waals surface area contributed by atoms with Crippen molar-refractivity contribution in [2.24, 2.45) is 0 Å². The predicted molar refractivity (Wildman–Crippen MR) is 114 cm³/mol. The summed E-state index contributed by atoms with van der Waals surface area (Å²) in [4.78, 5) is 8.70. The van der Waals surface area contributed by atoms with Crippen molar-refractivity contribution in [1.29, 1.82) is 0 Å². The number of rotatable bonds is 6. The summed E-state index contributed by atoms with van der Waals surface area (Å²) in [6, 6.07) is 18.4. The lowest BCUT2D eigenvalue weighted by atomic mass is 10.3. The lowest BCUT2D eigenvalue weighted by molar-refractivity contribution is 0.486. The molecule has 0 unspecified atom stereocenters. The van der Waals surface area contributed by atoms with Crippen LogP contribution in [0.2, 0.25) is 5.02 Å². The fraction of sp³-hybridized carbons (Fsp3) is 0. The molecule has 2 heterocycles. The Morgan fingerprint density at radius 2 is 1.79 bits per heavy atom. The molecule has 2 aromatic carbocycles. The molecule has 0 amide bonds. The van der Waals surface area contributed by atoms with Gasteiger partial charge in [0.1, 0.15) is 16.3 Å². The lowest BCUT2D eigenvalue weighted by Gasteiger charge is -2.10. The Bertz CT molecular complexity index is 1240. The van der Waals surface area contributed by atoms with Gasteiger partial charge in [0, 0.05) is 23.3 Å². The monoisotopic (exact) mass is 443 g/mol. The molecule has 0 saturated carbocycles. The van der Waals surface area contributed by atoms with Crippen molar-refractivity contribution in [3.05, 3.63) is 83.3 Å². The van der Waals surface area contributed by atoms with Gasteiger partial charge < -0.3 is 9.50 Å². The average Bonchev–Trinajstić information content (AvgIpc) is 3.17. The molecule has 9 heteroatoms. The summed E-state index contributed by atoms with van der Waals surface area (Å²) in [5.41, 5.74) is 2.17. The van der Waals surface area contributed by atoms with Crippen LogP contribution in [0.1, 0.15) is 0 Å². The van der Waals surface area contributed by atoms with Crippen molar-refractivity contribution in [3.8, 4) is 17.1 Å². The molecule has 0 spiro atoms. The van der Waals surface area contributed by atoms with E-state index in [1.807, 2.05) is 23.6 Å². The topological polar surface area (TPSA) is 81.2 Å². The van der Waals surface area contributed by atoms with Gasteiger partial charge in [-0.1, -0.05) is 35.9 Å². The van der Waals surface area contributed by atoms with Gasteiger partial charge in [-0.2, -0.15) is 8.42 Å². The smallest absolute Gasteiger partial charge is 0.340 e. The number of thiazole rings is 1. The molecule has 0 radical (unpaired) electrons. The average molecular weight is 444 g/mol. The van der Waals surface area contributed by atoms with E-state index in [0.717, 1.165) is 11.4 Å². The number of pyridine rings is 1. The number of nitrogens with zero attached hydrogens (tertiary/aromatic N) is 2. The van der Waals surface area contributed by atoms with Gasteiger partial charge in [-0.3, -0.25) is 4.98 Å². The Labute approximate surface area is 176 Å². The Morgan fingerprint density at radius 1 is 0.966 bits per heavy atom. The SMILES string of the molecule is O=S(=O)(Oc1cccc(Nc2nc(-c3ccccn3)cs2)c1)c1ccccc1Cl. The Hall–Kier alpha value is -2.94. The number of nitrogens with one attached hydrogen (secondary N) is 1. The van der Waals surface area contributed by atoms with Crippen LogP contribution >= 0.6 is 22.9 Å². The molecule has 0 atom stereocenters. The minimum absolute atomic E-state index is 0.0834. The van der Waals surface area contributed by atoms with E-state index in [1.165, 1.54) is 23.5 Å². The van der Waals surface area contributed by atoms with Crippen LogP contribution in [-0.4, -0.2) is 18.4 Å². The maximum Gasteiger partial charge on any atom is 0.340 e. The number of halogens is 1. The second-order valence-corrected chi connectivity index (χ2v) is 8.65. The van der Waals surface area contributed by atoms with E-state index < -0.39 is 10.1 Å². The molecule has 0 fully saturated rings. The predicted octanol–water partition coefficient (Wildman–Crippen LogP) is 5.37. The van der Waals surface area contributed by atoms with E-state index in [-0.39, 0.29) is 15.7 Å². The summed E-state index contributed by atoms with van der Waals surface area (Å²) in [5.74, 6) is 0.163. The van der Waals surface area contributed by atoms with Gasteiger partial charge in [0.05, 0.1) is 10.7 Å². The maximum absolute atomic E-state index is 12.5. The lowest BCUT2D eigenvalue weighted by Crippen LogP contribution is -2.10. The zero-order valence-corrected chi connectivity index (χ0v) is 17.2. The Morgan fingerprint density at radius 3 is 2.59 bits per heavy atom. The van der Waals surface area contributed by atoms with Crippen LogP contribution < -0.4 is 9.50 Å². The number of anilines is 2. The zero-order valence-electron chi connectivity index (χ0n) is 14.8. The standard InChI is InChI=1S/C20H14ClN3O3S2/c21-16-8-1-2-10-19(16)29(25,26)27-15-7-5-6-14(12-15)23-20-24-18(13-28-20)17-9-3-4-11-22-17/h1-13H,(H,23,24). The fourth-order valence-corrected chi connectivity index (χ4v) is 4.67. The quantitative estimate of drug-likeness (QED) is 0.403. The van der Waals surface area contributed by atoms with Gasteiger partial charge in [-0.25, -0.2) is 4.98 Å². The molecular weight excluding hydrogens is 430 g/mol. The zero-order chi connectivity index (χ0) is 20.3. The first-order valence-corrected chi connectivity index (χ1v) is 11.1. The summed E-state index contributed by atoms with van der Waals surface area (Å²) in [6.07, 6.45) is 1.71. The Kier molecular flexibility index (Phi) is 5.48. The molecular formula is C20H14ClN3O3S2. The van der Waals surface area contributed by atoms with Crippen molar-refractivity contribution < 1.29 is 12.6 Å². The minimum Gasteiger partial charge on any atom is -0.379 e. The third-order valence-corrected chi connectivity index (χ3v) is 6.33. The van der Waals surface area contributed by atoms with Crippen molar-refractivity contribution in [3.63, 3.8) is 0 Å². The van der Waals surface area contributed by atoms with Crippen LogP contribution in [0.3, 0.4) is 0 Å². The Balaban J connectivity index is 1.53. The van der Waals surface area contributed by atoms with Gasteiger partial charge in [0.2, 0.25) is 0 Å². The van der Waals surface area contributed by atoms with Crippen LogP contribution in [0.5, 0.6) is 5.75 Å². The number of hydrogen-bond donors (Lipinski definition) is 1. The van der Waals surface area contributed by atoms with Gasteiger partial charge in [0.15, 0.2) is 5.13 Å². The van der Waals surface area contributed by atoms with Gasteiger partial charge in [-0.05, 0) is 36.4 Å². The van der Waals surface area contributed by atoms with E-state index >= 15 is 0 Å². The third kappa shape index (κ3) is 4.56. The normalized spacial score (nSPS) is 11.2. The highest BCUT2D eigenvalue weighted by Crippen LogP contribution is 2.29. The minimum atomic E-state index is -4.05. The first kappa shape index (κ1) is 19.4. The maximum atomic E-state index is 12.5. The summed E-state index contributed by atoms with van der Waals surface area (Å²) >= 11 is 7.40. The van der Waals surface area contributed by atoms with Gasteiger partial charge in [-0.15, -0.1) is 11.3 Å². The first-order valence-electron chi connectivity index (χ1n) is 8.44. The van der Waals surface area contributed by atoms with Gasteiger partial charge in [0.25, 0.3) is 0 Å². The third-order valence-electron chi connectivity index (χ3n) is 3.83. The summed E-state index contributed by atoms with van der Waals surface area (Å²) in [6.45, 7) is 0. The highest BCUT2D eigenvalue weighted by atomic mass is 35.5.